The molecule has 13 nitrogen and oxygen atoms in total. The second-order valence-electron chi connectivity index (χ2n) is 14.3. The Morgan fingerprint density at radius 1 is 0.741 bits per heavy atom. The van der Waals surface area contributed by atoms with Gasteiger partial charge in [0.15, 0.2) is 0 Å². The van der Waals surface area contributed by atoms with E-state index in [0.29, 0.717) is 37.3 Å². The van der Waals surface area contributed by atoms with Gasteiger partial charge in [0.25, 0.3) is 5.91 Å². The molecule has 4 atom stereocenters. The summed E-state index contributed by atoms with van der Waals surface area (Å²) >= 11 is 0. The maximum Gasteiger partial charge on any atom is 0.407 e. The van der Waals surface area contributed by atoms with Gasteiger partial charge in [0, 0.05) is 26.6 Å². The Labute approximate surface area is 312 Å². The molecule has 0 saturated carbocycles. The summed E-state index contributed by atoms with van der Waals surface area (Å²) in [5.74, 6) is 1.07. The predicted molar refractivity (Wildman–Crippen MR) is 201 cm³/mol. The SMILES string of the molecule is CN(C(=O)O)[C@@H](C(=O)N1CCC[C@H]1c1ncc(-c2ccc(-c3ccc(-c4cnc([C@@H]5CCCN5C(=O)[C@H]5CCC(=O)N5)[nH]4)cc3)cc2)[nH]1)c1ccccc1. The van der Waals surface area contributed by atoms with E-state index in [1.807, 2.05) is 29.3 Å². The highest BCUT2D eigenvalue weighted by Crippen LogP contribution is 2.36. The number of likely N-dealkylation sites (tertiary alicyclic amines) is 2. The van der Waals surface area contributed by atoms with Crippen molar-refractivity contribution in [2.45, 2.75) is 62.7 Å². The van der Waals surface area contributed by atoms with Gasteiger partial charge in [-0.05, 0) is 59.9 Å². The van der Waals surface area contributed by atoms with Gasteiger partial charge in [-0.1, -0.05) is 78.9 Å². The minimum Gasteiger partial charge on any atom is -0.465 e. The Hall–Kier alpha value is -6.24. The fourth-order valence-electron chi connectivity index (χ4n) is 8.05. The average Bonchev–Trinajstić information content (AvgIpc) is 4.05. The van der Waals surface area contributed by atoms with Crippen LogP contribution in [-0.2, 0) is 14.4 Å². The summed E-state index contributed by atoms with van der Waals surface area (Å²) in [6.07, 6.45) is 6.60. The van der Waals surface area contributed by atoms with E-state index in [1.165, 1.54) is 7.05 Å². The monoisotopic (exact) mass is 726 g/mol. The molecule has 3 aliphatic heterocycles. The number of carboxylic acid groups (broad SMARTS) is 1. The Kier molecular flexibility index (Phi) is 9.45. The molecular formula is C41H42N8O5. The third-order valence-electron chi connectivity index (χ3n) is 11.0. The number of nitrogens with zero attached hydrogens (tertiary/aromatic N) is 5. The van der Waals surface area contributed by atoms with Crippen molar-refractivity contribution in [3.05, 3.63) is 108 Å². The van der Waals surface area contributed by atoms with Gasteiger partial charge >= 0.3 is 6.09 Å². The molecule has 54 heavy (non-hydrogen) atoms. The summed E-state index contributed by atoms with van der Waals surface area (Å²) in [6, 6.07) is 23.7. The van der Waals surface area contributed by atoms with Crippen molar-refractivity contribution in [3.8, 4) is 33.6 Å². The van der Waals surface area contributed by atoms with Crippen LogP contribution in [0.15, 0.2) is 91.3 Å². The number of amides is 4. The lowest BCUT2D eigenvalue weighted by Gasteiger charge is -2.32. The summed E-state index contributed by atoms with van der Waals surface area (Å²) in [5.41, 5.74) is 6.39. The van der Waals surface area contributed by atoms with Gasteiger partial charge in [-0.25, -0.2) is 14.8 Å². The minimum absolute atomic E-state index is 0.0306. The molecule has 3 fully saturated rings. The molecule has 2 aromatic heterocycles. The van der Waals surface area contributed by atoms with Crippen molar-refractivity contribution in [1.29, 1.82) is 0 Å². The zero-order valence-corrected chi connectivity index (χ0v) is 29.9. The van der Waals surface area contributed by atoms with Crippen LogP contribution < -0.4 is 5.32 Å². The molecule has 3 aromatic carbocycles. The number of aromatic nitrogens is 4. The molecule has 0 unspecified atom stereocenters. The van der Waals surface area contributed by atoms with Crippen LogP contribution in [0.3, 0.4) is 0 Å². The molecule has 4 amide bonds. The number of H-pyrrole nitrogens is 2. The van der Waals surface area contributed by atoms with Crippen LogP contribution in [0.5, 0.6) is 0 Å². The third kappa shape index (κ3) is 6.72. The van der Waals surface area contributed by atoms with Crippen LogP contribution in [0.2, 0.25) is 0 Å². The van der Waals surface area contributed by atoms with E-state index < -0.39 is 18.2 Å². The average molecular weight is 727 g/mol. The third-order valence-corrected chi connectivity index (χ3v) is 11.0. The molecule has 0 aliphatic carbocycles. The fourth-order valence-corrected chi connectivity index (χ4v) is 8.05. The highest BCUT2D eigenvalue weighted by molar-refractivity contribution is 5.91. The molecule has 0 spiro atoms. The zero-order valence-electron chi connectivity index (χ0n) is 29.9. The Balaban J connectivity index is 0.932. The lowest BCUT2D eigenvalue weighted by Crippen LogP contribution is -2.44. The Morgan fingerprint density at radius 2 is 1.26 bits per heavy atom. The van der Waals surface area contributed by atoms with Crippen LogP contribution in [-0.4, -0.2) is 89.7 Å². The van der Waals surface area contributed by atoms with Crippen LogP contribution in [0, 0.1) is 0 Å². The highest BCUT2D eigenvalue weighted by atomic mass is 16.4. The first-order valence-electron chi connectivity index (χ1n) is 18.5. The Morgan fingerprint density at radius 3 is 1.78 bits per heavy atom. The molecule has 0 bridgehead atoms. The number of aromatic amines is 2. The van der Waals surface area contributed by atoms with Crippen LogP contribution >= 0.6 is 0 Å². The first-order valence-corrected chi connectivity index (χ1v) is 18.5. The van der Waals surface area contributed by atoms with Crippen molar-refractivity contribution in [2.75, 3.05) is 20.1 Å². The largest absolute Gasteiger partial charge is 0.465 e. The number of carbonyl (C=O) groups is 4. The maximum atomic E-state index is 13.9. The number of hydrogen-bond donors (Lipinski definition) is 4. The van der Waals surface area contributed by atoms with Crippen molar-refractivity contribution in [1.82, 2.24) is 40.0 Å². The van der Waals surface area contributed by atoms with Crippen molar-refractivity contribution in [3.63, 3.8) is 0 Å². The van der Waals surface area contributed by atoms with Crippen LogP contribution in [0.1, 0.15) is 73.9 Å². The summed E-state index contributed by atoms with van der Waals surface area (Å²) in [7, 11) is 1.43. The summed E-state index contributed by atoms with van der Waals surface area (Å²) < 4.78 is 0. The maximum absolute atomic E-state index is 13.9. The summed E-state index contributed by atoms with van der Waals surface area (Å²) in [6.45, 7) is 1.18. The van der Waals surface area contributed by atoms with Gasteiger partial charge in [-0.3, -0.25) is 19.3 Å². The van der Waals surface area contributed by atoms with E-state index in [-0.39, 0.29) is 29.8 Å². The van der Waals surface area contributed by atoms with Gasteiger partial charge in [-0.2, -0.15) is 0 Å². The lowest BCUT2D eigenvalue weighted by atomic mass is 10.0. The molecule has 5 heterocycles. The predicted octanol–water partition coefficient (Wildman–Crippen LogP) is 6.09. The van der Waals surface area contributed by atoms with Gasteiger partial charge in [0.2, 0.25) is 11.8 Å². The molecule has 5 aromatic rings. The number of benzene rings is 3. The first-order chi connectivity index (χ1) is 26.2. The molecule has 276 valence electrons. The topological polar surface area (TPSA) is 168 Å². The van der Waals surface area contributed by atoms with Gasteiger partial charge in [0.05, 0.1) is 35.9 Å². The number of nitrogens with one attached hydrogen (secondary N) is 3. The molecule has 3 saturated heterocycles. The standard InChI is InChI=1S/C41H42N8O5/c1-47(41(53)54)36(29-7-3-2-4-8-29)40(52)49-22-6-10-34(49)38-43-24-32(46-38)28-17-13-26(14-18-28)25-11-15-27(16-12-25)31-23-42-37(45-31)33-9-5-21-48(33)39(51)30-19-20-35(50)44-30/h2-4,7-8,11-18,23-24,30,33-34,36H,5-6,9-10,19-22H2,1H3,(H,42,45)(H,43,46)(H,44,50)(H,53,54)/t30-,33+,34+,36-/m1/s1. The van der Waals surface area contributed by atoms with Gasteiger partial charge in [-0.15, -0.1) is 0 Å². The summed E-state index contributed by atoms with van der Waals surface area (Å²) in [5, 5.41) is 12.6. The van der Waals surface area contributed by atoms with E-state index in [0.717, 1.165) is 70.0 Å². The van der Waals surface area contributed by atoms with E-state index in [2.05, 4.69) is 61.7 Å². The first kappa shape index (κ1) is 34.8. The molecule has 3 aliphatic rings. The molecular weight excluding hydrogens is 685 g/mol. The van der Waals surface area contributed by atoms with Crippen molar-refractivity contribution < 1.29 is 24.3 Å². The van der Waals surface area contributed by atoms with Crippen molar-refractivity contribution >= 4 is 23.8 Å². The second kappa shape index (κ2) is 14.6. The minimum atomic E-state index is -1.17. The quantitative estimate of drug-likeness (QED) is 0.143. The zero-order chi connectivity index (χ0) is 37.3. The van der Waals surface area contributed by atoms with Gasteiger partial charge in [0.1, 0.15) is 23.7 Å². The summed E-state index contributed by atoms with van der Waals surface area (Å²) in [4.78, 5) is 71.6. The molecule has 8 rings (SSSR count). The van der Waals surface area contributed by atoms with Crippen LogP contribution in [0.25, 0.3) is 33.6 Å². The van der Waals surface area contributed by atoms with E-state index in [9.17, 15) is 24.3 Å². The van der Waals surface area contributed by atoms with E-state index in [1.54, 1.807) is 35.4 Å². The normalized spacial score (nSPS) is 20.2. The van der Waals surface area contributed by atoms with Gasteiger partial charge < -0.3 is 30.2 Å². The number of likely N-dealkylation sites (N-methyl/N-ethyl adjacent to an activating group) is 1. The van der Waals surface area contributed by atoms with Crippen molar-refractivity contribution in [2.24, 2.45) is 0 Å². The lowest BCUT2D eigenvalue weighted by molar-refractivity contribution is -0.137. The number of imidazole rings is 2. The number of carbonyl (C=O) groups excluding carboxylic acids is 3. The molecule has 4 N–H and O–H groups in total. The van der Waals surface area contributed by atoms with Crippen LogP contribution in [0.4, 0.5) is 4.79 Å². The van der Waals surface area contributed by atoms with E-state index in [4.69, 9.17) is 0 Å². The fraction of sp³-hybridized carbons (Fsp3) is 0.317. The second-order valence-corrected chi connectivity index (χ2v) is 14.3. The highest BCUT2D eigenvalue weighted by Gasteiger charge is 2.40. The number of rotatable bonds is 9. The smallest absolute Gasteiger partial charge is 0.407 e. The number of hydrogen-bond acceptors (Lipinski definition) is 6. The molecule has 13 heteroatoms. The molecule has 0 radical (unpaired) electrons. The Bertz CT molecular complexity index is 2160. The van der Waals surface area contributed by atoms with E-state index >= 15 is 0 Å².